The molecule has 20 heavy (non-hydrogen) atoms. The van der Waals surface area contributed by atoms with E-state index in [1.807, 2.05) is 13.8 Å². The second-order valence-electron chi connectivity index (χ2n) is 3.48. The van der Waals surface area contributed by atoms with E-state index in [0.717, 1.165) is 5.57 Å². The van der Waals surface area contributed by atoms with Gasteiger partial charge < -0.3 is 10.1 Å². The fraction of sp³-hybridized carbons (Fsp3) is 0.250. The van der Waals surface area contributed by atoms with Gasteiger partial charge in [-0.05, 0) is 31.0 Å². The van der Waals surface area contributed by atoms with Crippen molar-refractivity contribution in [3.8, 4) is 5.75 Å². The molecule has 0 spiro atoms. The van der Waals surface area contributed by atoms with Crippen LogP contribution in [0.1, 0.15) is 24.2 Å². The molecule has 0 bridgehead atoms. The number of rotatable bonds is 6. The Kier molecular flexibility index (Phi) is 9.31. The van der Waals surface area contributed by atoms with Crippen LogP contribution in [-0.2, 0) is 0 Å². The fourth-order valence-electron chi connectivity index (χ4n) is 1.28. The van der Waals surface area contributed by atoms with Crippen LogP contribution in [0.4, 0.5) is 0 Å². The molecule has 1 aromatic carbocycles. The Bertz CT molecular complexity index is 462. The number of aliphatic imine (C=N–C) groups is 1. The van der Waals surface area contributed by atoms with E-state index in [4.69, 9.17) is 4.74 Å². The number of nitrogens with one attached hydrogen (secondary N) is 1. The molecule has 0 aromatic heterocycles. The number of carbonyl (C=O) groups is 1. The number of hydrogen-bond acceptors (Lipinski definition) is 3. The Morgan fingerprint density at radius 2 is 1.95 bits per heavy atom. The average Bonchev–Trinajstić information content (AvgIpc) is 2.53. The first kappa shape index (κ1) is 17.6. The molecule has 1 amide bonds. The van der Waals surface area contributed by atoms with E-state index in [2.05, 4.69) is 23.6 Å². The first-order valence-corrected chi connectivity index (χ1v) is 6.43. The number of carbonyl (C=O) groups excluding carboxylic acids is 1. The summed E-state index contributed by atoms with van der Waals surface area (Å²) in [6, 6.07) is 6.90. The molecule has 4 heteroatoms. The zero-order valence-corrected chi connectivity index (χ0v) is 12.3. The van der Waals surface area contributed by atoms with E-state index in [0.29, 0.717) is 17.9 Å². The summed E-state index contributed by atoms with van der Waals surface area (Å²) in [5, 5.41) is 2.56. The summed E-state index contributed by atoms with van der Waals surface area (Å²) in [5.74, 6) is 0.559. The SMILES string of the molecule is C=C/C(=C\N=C)COc1ccc(C(=O)NC)cc1.CC. The van der Waals surface area contributed by atoms with Crippen molar-refractivity contribution in [3.05, 3.63) is 54.3 Å². The summed E-state index contributed by atoms with van der Waals surface area (Å²) in [7, 11) is 1.59. The van der Waals surface area contributed by atoms with Crippen molar-refractivity contribution in [2.75, 3.05) is 13.7 Å². The Hall–Kier alpha value is -2.36. The lowest BCUT2D eigenvalue weighted by Crippen LogP contribution is -2.17. The molecule has 0 aliphatic heterocycles. The number of ether oxygens (including phenoxy) is 1. The average molecular weight is 274 g/mol. The topological polar surface area (TPSA) is 50.7 Å². The lowest BCUT2D eigenvalue weighted by atomic mass is 10.2. The van der Waals surface area contributed by atoms with E-state index in [9.17, 15) is 4.79 Å². The van der Waals surface area contributed by atoms with Crippen molar-refractivity contribution in [2.45, 2.75) is 13.8 Å². The molecule has 0 saturated carbocycles. The van der Waals surface area contributed by atoms with E-state index >= 15 is 0 Å². The molecule has 0 unspecified atom stereocenters. The molecule has 108 valence electrons. The van der Waals surface area contributed by atoms with Crippen LogP contribution in [0.3, 0.4) is 0 Å². The molecule has 4 nitrogen and oxygen atoms in total. The van der Waals surface area contributed by atoms with Crippen molar-refractivity contribution in [2.24, 2.45) is 4.99 Å². The summed E-state index contributed by atoms with van der Waals surface area (Å²) in [4.78, 5) is 15.0. The fourth-order valence-corrected chi connectivity index (χ4v) is 1.28. The van der Waals surface area contributed by atoms with Crippen LogP contribution in [-0.4, -0.2) is 26.3 Å². The van der Waals surface area contributed by atoms with Gasteiger partial charge in [-0.15, -0.1) is 0 Å². The van der Waals surface area contributed by atoms with Crippen LogP contribution in [0.25, 0.3) is 0 Å². The first-order valence-electron chi connectivity index (χ1n) is 6.43. The maximum Gasteiger partial charge on any atom is 0.251 e. The number of amides is 1. The third-order valence-corrected chi connectivity index (χ3v) is 2.27. The molecule has 0 radical (unpaired) electrons. The Morgan fingerprint density at radius 1 is 1.35 bits per heavy atom. The molecule has 1 N–H and O–H groups in total. The predicted molar refractivity (Wildman–Crippen MR) is 84.5 cm³/mol. The number of benzene rings is 1. The Labute approximate surface area is 120 Å². The second kappa shape index (κ2) is 10.6. The largest absolute Gasteiger partial charge is 0.489 e. The van der Waals surface area contributed by atoms with E-state index in [-0.39, 0.29) is 5.91 Å². The van der Waals surface area contributed by atoms with Crippen LogP contribution >= 0.6 is 0 Å². The molecule has 0 saturated heterocycles. The Morgan fingerprint density at radius 3 is 2.40 bits per heavy atom. The highest BCUT2D eigenvalue weighted by Crippen LogP contribution is 2.13. The second-order valence-corrected chi connectivity index (χ2v) is 3.48. The standard InChI is InChI=1S/C14H16N2O2.C2H6/c1-4-11(9-15-2)10-18-13-7-5-12(6-8-13)14(17)16-3;1-2/h4-9H,1-2,10H2,3H3,(H,16,17);1-2H3/b11-9+;. The van der Waals surface area contributed by atoms with Gasteiger partial charge in [-0.2, -0.15) is 0 Å². The monoisotopic (exact) mass is 274 g/mol. The molecule has 0 fully saturated rings. The smallest absolute Gasteiger partial charge is 0.251 e. The van der Waals surface area contributed by atoms with Gasteiger partial charge in [0.2, 0.25) is 0 Å². The van der Waals surface area contributed by atoms with E-state index < -0.39 is 0 Å². The summed E-state index contributed by atoms with van der Waals surface area (Å²) in [6.07, 6.45) is 3.25. The van der Waals surface area contributed by atoms with Crippen molar-refractivity contribution in [1.82, 2.24) is 5.32 Å². The van der Waals surface area contributed by atoms with Crippen LogP contribution in [0.15, 0.2) is 53.7 Å². The minimum Gasteiger partial charge on any atom is -0.489 e. The Balaban J connectivity index is 0.00000172. The lowest BCUT2D eigenvalue weighted by Gasteiger charge is -2.07. The zero-order valence-electron chi connectivity index (χ0n) is 12.3. The van der Waals surface area contributed by atoms with Gasteiger partial charge in [0.25, 0.3) is 5.91 Å². The summed E-state index contributed by atoms with van der Waals surface area (Å²) < 4.78 is 5.52. The lowest BCUT2D eigenvalue weighted by molar-refractivity contribution is 0.0963. The van der Waals surface area contributed by atoms with Gasteiger partial charge in [0.05, 0.1) is 0 Å². The molecule has 0 atom stereocenters. The molecule has 1 rings (SSSR count). The molecule has 0 heterocycles. The van der Waals surface area contributed by atoms with Crippen LogP contribution in [0.2, 0.25) is 0 Å². The molecular weight excluding hydrogens is 252 g/mol. The normalized spacial score (nSPS) is 9.85. The van der Waals surface area contributed by atoms with Crippen LogP contribution in [0.5, 0.6) is 5.75 Å². The quantitative estimate of drug-likeness (QED) is 0.639. The third kappa shape index (κ3) is 6.00. The minimum atomic E-state index is -0.121. The molecule has 0 aliphatic rings. The van der Waals surface area contributed by atoms with Crippen LogP contribution in [0, 0.1) is 0 Å². The van der Waals surface area contributed by atoms with E-state index in [1.165, 1.54) is 0 Å². The van der Waals surface area contributed by atoms with Gasteiger partial charge in [0.1, 0.15) is 12.4 Å². The highest BCUT2D eigenvalue weighted by Gasteiger charge is 2.02. The van der Waals surface area contributed by atoms with Crippen molar-refractivity contribution >= 4 is 12.6 Å². The number of hydrogen-bond donors (Lipinski definition) is 1. The van der Waals surface area contributed by atoms with Crippen molar-refractivity contribution in [1.29, 1.82) is 0 Å². The summed E-state index contributed by atoms with van der Waals surface area (Å²) >= 11 is 0. The summed E-state index contributed by atoms with van der Waals surface area (Å²) in [5.41, 5.74) is 1.43. The van der Waals surface area contributed by atoms with E-state index in [1.54, 1.807) is 43.6 Å². The van der Waals surface area contributed by atoms with Crippen molar-refractivity contribution in [3.63, 3.8) is 0 Å². The minimum absolute atomic E-state index is 0.121. The maximum absolute atomic E-state index is 11.3. The van der Waals surface area contributed by atoms with Crippen LogP contribution < -0.4 is 10.1 Å². The highest BCUT2D eigenvalue weighted by atomic mass is 16.5. The van der Waals surface area contributed by atoms with Gasteiger partial charge in [0, 0.05) is 24.4 Å². The summed E-state index contributed by atoms with van der Waals surface area (Å²) in [6.45, 7) is 11.4. The highest BCUT2D eigenvalue weighted by molar-refractivity contribution is 5.94. The first-order chi connectivity index (χ1) is 9.71. The van der Waals surface area contributed by atoms with Crippen molar-refractivity contribution < 1.29 is 9.53 Å². The van der Waals surface area contributed by atoms with Gasteiger partial charge in [-0.1, -0.05) is 26.5 Å². The van der Waals surface area contributed by atoms with Gasteiger partial charge in [0.15, 0.2) is 0 Å². The van der Waals surface area contributed by atoms with Gasteiger partial charge in [-0.25, -0.2) is 0 Å². The number of nitrogens with zero attached hydrogens (tertiary/aromatic N) is 1. The maximum atomic E-state index is 11.3. The van der Waals surface area contributed by atoms with Gasteiger partial charge >= 0.3 is 0 Å². The molecule has 0 aliphatic carbocycles. The van der Waals surface area contributed by atoms with Gasteiger partial charge in [-0.3, -0.25) is 9.79 Å². The predicted octanol–water partition coefficient (Wildman–Crippen LogP) is 3.22. The zero-order chi connectivity index (χ0) is 15.4. The molecule has 1 aromatic rings. The molecular formula is C16H22N2O2. The third-order valence-electron chi connectivity index (χ3n) is 2.27.